The summed E-state index contributed by atoms with van der Waals surface area (Å²) in [6, 6.07) is 6.65. The van der Waals surface area contributed by atoms with Crippen molar-refractivity contribution in [3.05, 3.63) is 35.6 Å². The number of halogens is 2. The molecule has 0 radical (unpaired) electrons. The Labute approximate surface area is 133 Å². The van der Waals surface area contributed by atoms with E-state index in [9.17, 15) is 9.18 Å². The lowest BCUT2D eigenvalue weighted by Gasteiger charge is -2.36. The number of hydrogen-bond acceptors (Lipinski definition) is 2. The van der Waals surface area contributed by atoms with Gasteiger partial charge in [0, 0.05) is 19.2 Å². The van der Waals surface area contributed by atoms with E-state index in [0.717, 1.165) is 25.8 Å². The molecule has 1 fully saturated rings. The van der Waals surface area contributed by atoms with Crippen LogP contribution in [0.25, 0.3) is 0 Å². The molecule has 1 aromatic rings. The Morgan fingerprint density at radius 3 is 2.90 bits per heavy atom. The normalized spacial score (nSPS) is 20.3. The molecule has 1 aliphatic rings. The van der Waals surface area contributed by atoms with Gasteiger partial charge in [0.25, 0.3) is 0 Å². The predicted molar refractivity (Wildman–Crippen MR) is 83.9 cm³/mol. The third-order valence-electron chi connectivity index (χ3n) is 4.00. The van der Waals surface area contributed by atoms with Crippen molar-refractivity contribution in [2.45, 2.75) is 43.0 Å². The number of amides is 1. The number of rotatable bonds is 5. The highest BCUT2D eigenvalue weighted by Gasteiger charge is 2.30. The summed E-state index contributed by atoms with van der Waals surface area (Å²) < 4.78 is 13.7. The summed E-state index contributed by atoms with van der Waals surface area (Å²) >= 11 is 3.41. The number of aliphatic hydroxyl groups excluding tert-OH is 1. The average molecular weight is 358 g/mol. The quantitative estimate of drug-likeness (QED) is 0.823. The molecule has 1 aromatic carbocycles. The first-order valence-electron chi connectivity index (χ1n) is 7.42. The maximum atomic E-state index is 13.7. The molecular formula is C16H21BrFNO2. The van der Waals surface area contributed by atoms with E-state index in [0.29, 0.717) is 18.4 Å². The zero-order valence-electron chi connectivity index (χ0n) is 12.0. The lowest BCUT2D eigenvalue weighted by atomic mass is 9.98. The predicted octanol–water partition coefficient (Wildman–Crippen LogP) is 2.90. The van der Waals surface area contributed by atoms with Gasteiger partial charge in [0.1, 0.15) is 5.82 Å². The highest BCUT2D eigenvalue weighted by molar-refractivity contribution is 9.10. The van der Waals surface area contributed by atoms with Gasteiger partial charge in [0.2, 0.25) is 5.91 Å². The molecule has 2 rings (SSSR count). The molecule has 2 unspecified atom stereocenters. The summed E-state index contributed by atoms with van der Waals surface area (Å²) in [5, 5.41) is 9.13. The van der Waals surface area contributed by atoms with Gasteiger partial charge in [-0.05, 0) is 43.7 Å². The molecular weight excluding hydrogens is 337 g/mol. The van der Waals surface area contributed by atoms with Crippen LogP contribution in [0.15, 0.2) is 24.3 Å². The summed E-state index contributed by atoms with van der Waals surface area (Å²) in [7, 11) is 0. The lowest BCUT2D eigenvalue weighted by molar-refractivity contribution is -0.134. The number of alkyl halides is 1. The average Bonchev–Trinajstić information content (AvgIpc) is 2.50. The molecule has 0 saturated carbocycles. The highest BCUT2D eigenvalue weighted by atomic mass is 79.9. The minimum Gasteiger partial charge on any atom is -0.396 e. The molecule has 3 nitrogen and oxygen atoms in total. The summed E-state index contributed by atoms with van der Waals surface area (Å²) in [4.78, 5) is 14.0. The SMILES string of the molecule is O=C(C(Br)Cc1ccccc1F)N1CCCCC1CCO. The Morgan fingerprint density at radius 1 is 1.43 bits per heavy atom. The Bertz CT molecular complexity index is 481. The number of hydrogen-bond donors (Lipinski definition) is 1. The molecule has 21 heavy (non-hydrogen) atoms. The zero-order valence-corrected chi connectivity index (χ0v) is 13.6. The second-order valence-corrected chi connectivity index (χ2v) is 6.56. The van der Waals surface area contributed by atoms with Crippen molar-refractivity contribution in [1.29, 1.82) is 0 Å². The number of aliphatic hydroxyl groups is 1. The fourth-order valence-corrected chi connectivity index (χ4v) is 3.48. The number of carbonyl (C=O) groups excluding carboxylic acids is 1. The van der Waals surface area contributed by atoms with Gasteiger partial charge in [0.15, 0.2) is 0 Å². The van der Waals surface area contributed by atoms with Crippen molar-refractivity contribution in [3.8, 4) is 0 Å². The van der Waals surface area contributed by atoms with Crippen LogP contribution in [0.1, 0.15) is 31.2 Å². The van der Waals surface area contributed by atoms with Gasteiger partial charge < -0.3 is 10.0 Å². The molecule has 116 valence electrons. The van der Waals surface area contributed by atoms with Crippen molar-refractivity contribution in [1.82, 2.24) is 4.90 Å². The third kappa shape index (κ3) is 4.27. The van der Waals surface area contributed by atoms with Gasteiger partial charge in [-0.25, -0.2) is 4.39 Å². The Hall–Kier alpha value is -0.940. The van der Waals surface area contributed by atoms with Gasteiger partial charge in [0.05, 0.1) is 4.83 Å². The van der Waals surface area contributed by atoms with Crippen LogP contribution in [-0.2, 0) is 11.2 Å². The summed E-state index contributed by atoms with van der Waals surface area (Å²) in [6.45, 7) is 0.817. The van der Waals surface area contributed by atoms with E-state index in [4.69, 9.17) is 5.11 Å². The van der Waals surface area contributed by atoms with Gasteiger partial charge in [-0.2, -0.15) is 0 Å². The fourth-order valence-electron chi connectivity index (χ4n) is 2.86. The van der Waals surface area contributed by atoms with Crippen LogP contribution in [-0.4, -0.2) is 39.9 Å². The molecule has 1 amide bonds. The Kier molecular flexibility index (Phi) is 6.18. The van der Waals surface area contributed by atoms with E-state index >= 15 is 0 Å². The van der Waals surface area contributed by atoms with E-state index in [-0.39, 0.29) is 24.4 Å². The maximum Gasteiger partial charge on any atom is 0.236 e. The van der Waals surface area contributed by atoms with E-state index < -0.39 is 4.83 Å². The molecule has 1 saturated heterocycles. The Balaban J connectivity index is 2.02. The number of benzene rings is 1. The second-order valence-electron chi connectivity index (χ2n) is 5.46. The zero-order chi connectivity index (χ0) is 15.2. The van der Waals surface area contributed by atoms with Crippen LogP contribution in [0.5, 0.6) is 0 Å². The summed E-state index contributed by atoms with van der Waals surface area (Å²) in [6.07, 6.45) is 3.98. The first-order chi connectivity index (χ1) is 10.1. The van der Waals surface area contributed by atoms with E-state index in [2.05, 4.69) is 15.9 Å². The lowest BCUT2D eigenvalue weighted by Crippen LogP contribution is -2.47. The molecule has 0 aliphatic carbocycles. The maximum absolute atomic E-state index is 13.7. The molecule has 1 heterocycles. The Morgan fingerprint density at radius 2 is 2.19 bits per heavy atom. The van der Waals surface area contributed by atoms with Crippen molar-refractivity contribution < 1.29 is 14.3 Å². The van der Waals surface area contributed by atoms with E-state index in [1.165, 1.54) is 6.07 Å². The first kappa shape index (κ1) is 16.4. The van der Waals surface area contributed by atoms with E-state index in [1.54, 1.807) is 18.2 Å². The third-order valence-corrected chi connectivity index (χ3v) is 4.71. The number of carbonyl (C=O) groups is 1. The van der Waals surface area contributed by atoms with Crippen molar-refractivity contribution in [2.75, 3.05) is 13.2 Å². The van der Waals surface area contributed by atoms with Crippen LogP contribution in [0.3, 0.4) is 0 Å². The molecule has 1 N–H and O–H groups in total. The summed E-state index contributed by atoms with van der Waals surface area (Å²) in [5.41, 5.74) is 0.545. The van der Waals surface area contributed by atoms with Crippen LogP contribution >= 0.6 is 15.9 Å². The van der Waals surface area contributed by atoms with Crippen LogP contribution in [0.4, 0.5) is 4.39 Å². The largest absolute Gasteiger partial charge is 0.396 e. The second kappa shape index (κ2) is 7.90. The van der Waals surface area contributed by atoms with Crippen molar-refractivity contribution >= 4 is 21.8 Å². The van der Waals surface area contributed by atoms with Crippen molar-refractivity contribution in [3.63, 3.8) is 0 Å². The van der Waals surface area contributed by atoms with Crippen LogP contribution < -0.4 is 0 Å². The van der Waals surface area contributed by atoms with E-state index in [1.807, 2.05) is 4.90 Å². The van der Waals surface area contributed by atoms with Crippen LogP contribution in [0, 0.1) is 5.82 Å². The van der Waals surface area contributed by atoms with Gasteiger partial charge >= 0.3 is 0 Å². The highest BCUT2D eigenvalue weighted by Crippen LogP contribution is 2.23. The van der Waals surface area contributed by atoms with Gasteiger partial charge in [-0.3, -0.25) is 4.79 Å². The number of piperidine rings is 1. The standard InChI is InChI=1S/C16H21BrFNO2/c17-14(11-12-5-1-2-7-15(12)18)16(21)19-9-4-3-6-13(19)8-10-20/h1-2,5,7,13-14,20H,3-4,6,8-11H2. The summed E-state index contributed by atoms with van der Waals surface area (Å²) in [5.74, 6) is -0.281. The fraction of sp³-hybridized carbons (Fsp3) is 0.562. The molecule has 0 bridgehead atoms. The van der Waals surface area contributed by atoms with Gasteiger partial charge in [-0.1, -0.05) is 34.1 Å². The topological polar surface area (TPSA) is 40.5 Å². The molecule has 1 aliphatic heterocycles. The number of nitrogens with zero attached hydrogens (tertiary/aromatic N) is 1. The molecule has 0 spiro atoms. The molecule has 0 aromatic heterocycles. The smallest absolute Gasteiger partial charge is 0.236 e. The number of likely N-dealkylation sites (tertiary alicyclic amines) is 1. The van der Waals surface area contributed by atoms with Crippen molar-refractivity contribution in [2.24, 2.45) is 0 Å². The molecule has 2 atom stereocenters. The monoisotopic (exact) mass is 357 g/mol. The molecule has 5 heteroatoms. The first-order valence-corrected chi connectivity index (χ1v) is 8.34. The minimum atomic E-state index is -0.423. The van der Waals surface area contributed by atoms with Gasteiger partial charge in [-0.15, -0.1) is 0 Å². The van der Waals surface area contributed by atoms with Crippen LogP contribution in [0.2, 0.25) is 0 Å². The minimum absolute atomic E-state index is 0.00333.